The number of anilines is 1. The Balaban J connectivity index is 0.00000116. The van der Waals surface area contributed by atoms with E-state index < -0.39 is 41.6 Å². The summed E-state index contributed by atoms with van der Waals surface area (Å²) in [5.74, 6) is 1.01. The molecule has 0 spiro atoms. The number of alkyl halides is 3. The smallest absolute Gasteiger partial charge is 0.416 e. The zero-order valence-corrected chi connectivity index (χ0v) is 40.3. The van der Waals surface area contributed by atoms with E-state index in [2.05, 4.69) is 12.2 Å². The van der Waals surface area contributed by atoms with Gasteiger partial charge in [0.25, 0.3) is 5.91 Å². The summed E-state index contributed by atoms with van der Waals surface area (Å²) in [6.07, 6.45) is -2.66. The number of amides is 1. The second-order valence-corrected chi connectivity index (χ2v) is 19.1. The highest BCUT2D eigenvalue weighted by Crippen LogP contribution is 2.43. The number of fused-ring (bicyclic) bond motifs is 1. The van der Waals surface area contributed by atoms with Crippen molar-refractivity contribution in [1.82, 2.24) is 15.2 Å². The Morgan fingerprint density at radius 2 is 1.88 bits per heavy atom. The van der Waals surface area contributed by atoms with Crippen molar-refractivity contribution in [3.05, 3.63) is 81.4 Å². The molecular formula is C48H66F3N8O8S+. The van der Waals surface area contributed by atoms with Crippen LogP contribution in [0.2, 0.25) is 0 Å². The van der Waals surface area contributed by atoms with Gasteiger partial charge in [0.1, 0.15) is 42.9 Å². The summed E-state index contributed by atoms with van der Waals surface area (Å²) in [6.45, 7) is 7.97. The topological polar surface area (TPSA) is 224 Å². The Labute approximate surface area is 400 Å². The van der Waals surface area contributed by atoms with Crippen LogP contribution >= 0.6 is 11.8 Å². The molecule has 0 aliphatic carbocycles. The number of nitrogens with two attached hydrogens (primary N) is 1. The van der Waals surface area contributed by atoms with E-state index in [1.54, 1.807) is 31.3 Å². The van der Waals surface area contributed by atoms with Crippen LogP contribution < -0.4 is 20.7 Å². The normalized spacial score (nSPS) is 22.9. The first-order valence-corrected chi connectivity index (χ1v) is 23.7. The fraction of sp³-hybridized carbons (Fsp3) is 0.542. The number of hydrogen-bond donors (Lipinski definition) is 6. The van der Waals surface area contributed by atoms with Crippen LogP contribution in [0.15, 0.2) is 47.5 Å². The van der Waals surface area contributed by atoms with Crippen LogP contribution in [0.5, 0.6) is 5.75 Å². The average molecular weight is 972 g/mol. The fourth-order valence-corrected chi connectivity index (χ4v) is 10.0. The molecule has 3 saturated heterocycles. The van der Waals surface area contributed by atoms with Gasteiger partial charge in [0.15, 0.2) is 6.29 Å². The monoisotopic (exact) mass is 971 g/mol. The predicted molar refractivity (Wildman–Crippen MR) is 253 cm³/mol. The summed E-state index contributed by atoms with van der Waals surface area (Å²) in [4.78, 5) is 45.5. The van der Waals surface area contributed by atoms with Crippen molar-refractivity contribution in [2.75, 3.05) is 71.3 Å². The molecule has 4 aliphatic rings. The lowest BCUT2D eigenvalue weighted by molar-refractivity contribution is -0.960. The number of carbonyl (C=O) groups is 3. The molecule has 0 saturated carbocycles. The molecule has 1 aromatic heterocycles. The number of rotatable bonds is 17. The van der Waals surface area contributed by atoms with Gasteiger partial charge in [0.05, 0.1) is 61.4 Å². The lowest BCUT2D eigenvalue weighted by Gasteiger charge is -2.44. The van der Waals surface area contributed by atoms with E-state index in [1.165, 1.54) is 27.6 Å². The van der Waals surface area contributed by atoms with E-state index in [4.69, 9.17) is 40.9 Å². The van der Waals surface area contributed by atoms with Crippen molar-refractivity contribution >= 4 is 48.2 Å². The summed E-state index contributed by atoms with van der Waals surface area (Å²) in [5, 5.41) is 36.9. The van der Waals surface area contributed by atoms with Crippen molar-refractivity contribution in [2.45, 2.75) is 101 Å². The Hall–Kier alpha value is -4.80. The number of carbonyl (C=O) groups excluding carboxylic acids is 3. The first-order chi connectivity index (χ1) is 32.5. The van der Waals surface area contributed by atoms with Crippen molar-refractivity contribution in [3.63, 3.8) is 0 Å². The Kier molecular flexibility index (Phi) is 19.2. The highest BCUT2D eigenvalue weighted by atomic mass is 32.2. The number of aliphatic hydroxyl groups excluding tert-OH is 2. The van der Waals surface area contributed by atoms with Gasteiger partial charge in [0, 0.05) is 74.5 Å². The van der Waals surface area contributed by atoms with Gasteiger partial charge in [0.2, 0.25) is 6.29 Å². The van der Waals surface area contributed by atoms with Crippen molar-refractivity contribution in [1.29, 1.82) is 10.8 Å². The number of amidine groups is 1. The molecule has 5 heterocycles. The lowest BCUT2D eigenvalue weighted by Crippen LogP contribution is -2.52. The number of hydrogen-bond acceptors (Lipinski definition) is 14. The maximum Gasteiger partial charge on any atom is 0.416 e. The number of aromatic nitrogens is 1. The van der Waals surface area contributed by atoms with Gasteiger partial charge in [-0.2, -0.15) is 13.2 Å². The SMILES string of the molecule is CCSc1cc(C2(CC(=N)N(C)C=N)COC2)cc(N2Cc3c(cc(C[N+]4(Cc5ccc(OC6CC(O)CC(C=O)O6)c(C=O)c5)CCC[C@H](C)C4)cc3C(F)(F)F)C2=O)n1.CNCCN.CO. The molecule has 5 atom stereocenters. The zero-order chi connectivity index (χ0) is 49.8. The van der Waals surface area contributed by atoms with E-state index in [0.717, 1.165) is 50.5 Å². The first kappa shape index (κ1) is 54.1. The molecular weight excluding hydrogens is 906 g/mol. The minimum absolute atomic E-state index is 0.0161. The second kappa shape index (κ2) is 24.2. The summed E-state index contributed by atoms with van der Waals surface area (Å²) >= 11 is 1.44. The third-order valence-electron chi connectivity index (χ3n) is 12.6. The van der Waals surface area contributed by atoms with E-state index in [-0.39, 0.29) is 72.4 Å². The van der Waals surface area contributed by atoms with Crippen LogP contribution in [0, 0.1) is 16.7 Å². The van der Waals surface area contributed by atoms with E-state index in [1.807, 2.05) is 26.1 Å². The number of ether oxygens (including phenoxy) is 3. The minimum Gasteiger partial charge on any atom is -0.464 e. The number of nitrogens with zero attached hydrogens (tertiary/aromatic N) is 4. The number of benzene rings is 2. The van der Waals surface area contributed by atoms with Gasteiger partial charge in [-0.25, -0.2) is 4.98 Å². The number of quaternary nitrogens is 1. The largest absolute Gasteiger partial charge is 0.464 e. The van der Waals surface area contributed by atoms with E-state index >= 15 is 13.2 Å². The predicted octanol–water partition coefficient (Wildman–Crippen LogP) is 5.52. The van der Waals surface area contributed by atoms with Gasteiger partial charge >= 0.3 is 6.18 Å². The Bertz CT molecular complexity index is 2250. The van der Waals surface area contributed by atoms with Crippen molar-refractivity contribution in [3.8, 4) is 5.75 Å². The lowest BCUT2D eigenvalue weighted by atomic mass is 9.75. The summed E-state index contributed by atoms with van der Waals surface area (Å²) in [7, 11) is 4.50. The first-order valence-electron chi connectivity index (χ1n) is 22.8. The van der Waals surface area contributed by atoms with E-state index in [0.29, 0.717) is 66.2 Å². The maximum absolute atomic E-state index is 15.1. The van der Waals surface area contributed by atoms with Crippen LogP contribution in [-0.2, 0) is 45.5 Å². The number of pyridine rings is 1. The zero-order valence-electron chi connectivity index (χ0n) is 39.4. The Morgan fingerprint density at radius 3 is 2.47 bits per heavy atom. The molecule has 0 radical (unpaired) electrons. The van der Waals surface area contributed by atoms with Gasteiger partial charge in [-0.1, -0.05) is 13.8 Å². The quantitative estimate of drug-likeness (QED) is 0.0323. The number of nitrogens with one attached hydrogen (secondary N) is 3. The average Bonchev–Trinajstić information content (AvgIpc) is 3.63. The molecule has 3 fully saturated rings. The number of piperidine rings is 1. The summed E-state index contributed by atoms with van der Waals surface area (Å²) < 4.78 is 62.8. The molecule has 4 unspecified atom stereocenters. The van der Waals surface area contributed by atoms with Gasteiger partial charge < -0.3 is 49.7 Å². The number of likely N-dealkylation sites (tertiary alicyclic amines) is 1. The van der Waals surface area contributed by atoms with Gasteiger partial charge in [-0.3, -0.25) is 25.3 Å². The minimum atomic E-state index is -4.75. The van der Waals surface area contributed by atoms with Crippen LogP contribution in [-0.4, -0.2) is 140 Å². The summed E-state index contributed by atoms with van der Waals surface area (Å²) in [6, 6.07) is 11.6. The maximum atomic E-state index is 15.1. The molecule has 4 aliphatic heterocycles. The highest BCUT2D eigenvalue weighted by molar-refractivity contribution is 7.99. The number of likely N-dealkylation sites (N-methyl/N-ethyl adjacent to an activating group) is 1. The number of thioether (sulfide) groups is 1. The molecule has 3 aromatic rings. The van der Waals surface area contributed by atoms with Gasteiger partial charge in [-0.05, 0) is 79.2 Å². The fourth-order valence-electron chi connectivity index (χ4n) is 9.37. The molecule has 20 heteroatoms. The van der Waals surface area contributed by atoms with E-state index in [9.17, 15) is 19.5 Å². The molecule has 16 nitrogen and oxygen atoms in total. The molecule has 2 aromatic carbocycles. The molecule has 7 rings (SSSR count). The number of halogens is 3. The summed E-state index contributed by atoms with van der Waals surface area (Å²) in [5.41, 5.74) is 5.62. The van der Waals surface area contributed by atoms with Crippen LogP contribution in [0.25, 0.3) is 0 Å². The molecule has 372 valence electrons. The van der Waals surface area contributed by atoms with Crippen LogP contribution in [0.4, 0.5) is 19.0 Å². The second-order valence-electron chi connectivity index (χ2n) is 17.9. The van der Waals surface area contributed by atoms with Crippen LogP contribution in [0.1, 0.15) is 94.5 Å². The standard InChI is InChI=1S/C44H52F3N6O7S.C3H10N2.CH4O/c1-4-61-40-14-31(43(24-58-25-43)17-38(49)51(3)26-48)13-39(50-40)52-18-35-34(42(52)57)11-29(12-36(35)44(45,46)47)21-53(9-5-6-27(2)19-53)20-28-7-8-37(30(10-28)22-54)60-41-16-32(56)15-33(23-55)59-41;1-5-3-2-4;1-2/h7-8,10-14,22-23,26-27,32-33,41,48-49,56H,4-6,9,15-21,24-25H2,1-3H3;5H,2-4H2,1H3;2H,1H3/q+1;;/t27-,32?,33?,41?,53?;;/m0../s1. The third kappa shape index (κ3) is 13.1. The van der Waals surface area contributed by atoms with Crippen LogP contribution in [0.3, 0.4) is 0 Å². The molecule has 0 bridgehead atoms. The third-order valence-corrected chi connectivity index (χ3v) is 13.4. The molecule has 68 heavy (non-hydrogen) atoms. The Morgan fingerprint density at radius 1 is 1.15 bits per heavy atom. The van der Waals surface area contributed by atoms with Crippen molar-refractivity contribution < 1.29 is 56.5 Å². The van der Waals surface area contributed by atoms with Crippen molar-refractivity contribution in [2.24, 2.45) is 11.7 Å². The number of aliphatic hydroxyl groups is 2. The number of aldehydes is 2. The highest BCUT2D eigenvalue weighted by Gasteiger charge is 2.45. The molecule has 1 amide bonds. The van der Waals surface area contributed by atoms with Gasteiger partial charge in [-0.15, -0.1) is 11.8 Å². The molecule has 7 N–H and O–H groups in total.